The summed E-state index contributed by atoms with van der Waals surface area (Å²) < 4.78 is 0. The number of likely N-dealkylation sites (tertiary alicyclic amines) is 1. The van der Waals surface area contributed by atoms with Crippen molar-refractivity contribution < 1.29 is 9.59 Å². The molecule has 0 radical (unpaired) electrons. The number of hydrogen-bond acceptors (Lipinski definition) is 3. The molecule has 1 fully saturated rings. The molecule has 2 rings (SSSR count). The zero-order chi connectivity index (χ0) is 19.1. The second-order valence-corrected chi connectivity index (χ2v) is 8.69. The summed E-state index contributed by atoms with van der Waals surface area (Å²) in [6, 6.07) is 7.59. The van der Waals surface area contributed by atoms with Crippen LogP contribution in [0.1, 0.15) is 39.5 Å². The van der Waals surface area contributed by atoms with E-state index in [1.807, 2.05) is 48.0 Å². The van der Waals surface area contributed by atoms with Crippen LogP contribution in [-0.2, 0) is 9.59 Å². The molecule has 0 aromatic heterocycles. The third-order valence-electron chi connectivity index (χ3n) is 4.87. The molecule has 6 heteroatoms. The molecule has 1 aromatic carbocycles. The van der Waals surface area contributed by atoms with Crippen molar-refractivity contribution in [3.8, 4) is 0 Å². The molecule has 144 valence electrons. The molecule has 2 amide bonds. The van der Waals surface area contributed by atoms with Crippen molar-refractivity contribution >= 4 is 35.2 Å². The Hall–Kier alpha value is -1.20. The van der Waals surface area contributed by atoms with E-state index in [1.54, 1.807) is 0 Å². The Balaban J connectivity index is 1.84. The lowest BCUT2D eigenvalue weighted by atomic mass is 9.95. The van der Waals surface area contributed by atoms with Gasteiger partial charge >= 0.3 is 0 Å². The fraction of sp³-hybridized carbons (Fsp3) is 0.600. The quantitative estimate of drug-likeness (QED) is 0.644. The van der Waals surface area contributed by atoms with Gasteiger partial charge in [0.2, 0.25) is 11.8 Å². The van der Waals surface area contributed by atoms with E-state index in [1.165, 1.54) is 11.8 Å². The molecule has 26 heavy (non-hydrogen) atoms. The Kier molecular flexibility index (Phi) is 8.29. The molecule has 1 atom stereocenters. The number of amides is 2. The molecule has 0 bridgehead atoms. The fourth-order valence-corrected chi connectivity index (χ4v) is 4.44. The summed E-state index contributed by atoms with van der Waals surface area (Å²) in [4.78, 5) is 29.9. The number of hydrogen-bond donors (Lipinski definition) is 0. The van der Waals surface area contributed by atoms with Gasteiger partial charge in [0.15, 0.2) is 0 Å². The van der Waals surface area contributed by atoms with Crippen LogP contribution in [-0.4, -0.2) is 53.5 Å². The number of carbonyl (C=O) groups is 2. The molecular formula is C20H29ClN2O2S. The van der Waals surface area contributed by atoms with Crippen LogP contribution in [0, 0.1) is 5.92 Å². The van der Waals surface area contributed by atoms with Gasteiger partial charge in [0.05, 0.1) is 10.3 Å². The minimum absolute atomic E-state index is 0.0485. The predicted octanol–water partition coefficient (Wildman–Crippen LogP) is 4.32. The van der Waals surface area contributed by atoms with E-state index in [-0.39, 0.29) is 23.0 Å². The number of carbonyl (C=O) groups excluding carboxylic acids is 2. The van der Waals surface area contributed by atoms with Gasteiger partial charge in [0.25, 0.3) is 0 Å². The number of nitrogens with zero attached hydrogens (tertiary/aromatic N) is 2. The SMILES string of the molecule is CCCCN(C)C(=O)C1CCN(C(=O)C(C)Sc2ccccc2Cl)CC1. The van der Waals surface area contributed by atoms with Crippen LogP contribution in [0.2, 0.25) is 5.02 Å². The molecule has 0 N–H and O–H groups in total. The van der Waals surface area contributed by atoms with Gasteiger partial charge in [-0.05, 0) is 38.3 Å². The Morgan fingerprint density at radius 1 is 1.31 bits per heavy atom. The van der Waals surface area contributed by atoms with Gasteiger partial charge in [-0.2, -0.15) is 0 Å². The lowest BCUT2D eigenvalue weighted by Crippen LogP contribution is -2.45. The van der Waals surface area contributed by atoms with Crippen molar-refractivity contribution in [2.45, 2.75) is 49.7 Å². The van der Waals surface area contributed by atoms with E-state index in [9.17, 15) is 9.59 Å². The van der Waals surface area contributed by atoms with Crippen LogP contribution in [0.3, 0.4) is 0 Å². The lowest BCUT2D eigenvalue weighted by molar-refractivity contribution is -0.139. The maximum absolute atomic E-state index is 12.7. The highest BCUT2D eigenvalue weighted by atomic mass is 35.5. The minimum Gasteiger partial charge on any atom is -0.346 e. The molecule has 1 aliphatic heterocycles. The van der Waals surface area contributed by atoms with Crippen molar-refractivity contribution in [1.82, 2.24) is 9.80 Å². The average Bonchev–Trinajstić information content (AvgIpc) is 2.66. The van der Waals surface area contributed by atoms with Gasteiger partial charge in [-0.1, -0.05) is 37.1 Å². The molecule has 1 heterocycles. The third kappa shape index (κ3) is 5.65. The summed E-state index contributed by atoms with van der Waals surface area (Å²) in [6.07, 6.45) is 3.64. The van der Waals surface area contributed by atoms with Gasteiger partial charge < -0.3 is 9.80 Å². The van der Waals surface area contributed by atoms with Crippen LogP contribution in [0.15, 0.2) is 29.2 Å². The molecule has 4 nitrogen and oxygen atoms in total. The second kappa shape index (κ2) is 10.2. The van der Waals surface area contributed by atoms with Gasteiger partial charge in [0.1, 0.15) is 0 Å². The largest absolute Gasteiger partial charge is 0.346 e. The van der Waals surface area contributed by atoms with Crippen molar-refractivity contribution in [3.63, 3.8) is 0 Å². The highest BCUT2D eigenvalue weighted by Gasteiger charge is 2.30. The highest BCUT2D eigenvalue weighted by Crippen LogP contribution is 2.31. The van der Waals surface area contributed by atoms with E-state index in [2.05, 4.69) is 6.92 Å². The first-order valence-corrected chi connectivity index (χ1v) is 10.6. The average molecular weight is 397 g/mol. The summed E-state index contributed by atoms with van der Waals surface area (Å²) in [5.41, 5.74) is 0. The normalized spacial score (nSPS) is 16.4. The molecular weight excluding hydrogens is 368 g/mol. The van der Waals surface area contributed by atoms with Gasteiger partial charge in [-0.25, -0.2) is 0 Å². The first-order chi connectivity index (χ1) is 12.4. The van der Waals surface area contributed by atoms with Crippen molar-refractivity contribution in [3.05, 3.63) is 29.3 Å². The van der Waals surface area contributed by atoms with Crippen LogP contribution < -0.4 is 0 Å². The first-order valence-electron chi connectivity index (χ1n) is 9.39. The van der Waals surface area contributed by atoms with Gasteiger partial charge in [0, 0.05) is 37.5 Å². The summed E-state index contributed by atoms with van der Waals surface area (Å²) in [5, 5.41) is 0.492. The minimum atomic E-state index is -0.186. The standard InChI is InChI=1S/C20H29ClN2O2S/c1-4-5-12-22(3)20(25)16-10-13-23(14-11-16)19(24)15(2)26-18-9-7-6-8-17(18)21/h6-9,15-16H,4-5,10-14H2,1-3H3. The summed E-state index contributed by atoms with van der Waals surface area (Å²) in [6.45, 7) is 6.19. The Morgan fingerprint density at radius 2 is 1.96 bits per heavy atom. The number of halogens is 1. The van der Waals surface area contributed by atoms with E-state index in [4.69, 9.17) is 11.6 Å². The summed E-state index contributed by atoms with van der Waals surface area (Å²) >= 11 is 7.69. The van der Waals surface area contributed by atoms with Crippen molar-refractivity contribution in [1.29, 1.82) is 0 Å². The predicted molar refractivity (Wildman–Crippen MR) is 109 cm³/mol. The fourth-order valence-electron chi connectivity index (χ4n) is 3.20. The number of piperidine rings is 1. The van der Waals surface area contributed by atoms with Gasteiger partial charge in [-0.15, -0.1) is 11.8 Å². The van der Waals surface area contributed by atoms with Crippen molar-refractivity contribution in [2.75, 3.05) is 26.7 Å². The smallest absolute Gasteiger partial charge is 0.235 e. The molecule has 0 saturated carbocycles. The zero-order valence-electron chi connectivity index (χ0n) is 15.9. The monoisotopic (exact) mass is 396 g/mol. The van der Waals surface area contributed by atoms with E-state index in [0.717, 1.165) is 37.1 Å². The zero-order valence-corrected chi connectivity index (χ0v) is 17.5. The van der Waals surface area contributed by atoms with Crippen molar-refractivity contribution in [2.24, 2.45) is 5.92 Å². The highest BCUT2D eigenvalue weighted by molar-refractivity contribution is 8.00. The molecule has 1 aliphatic rings. The number of rotatable bonds is 7. The number of benzene rings is 1. The number of unbranched alkanes of at least 4 members (excludes halogenated alkanes) is 1. The Labute approximate surface area is 166 Å². The molecule has 1 unspecified atom stereocenters. The number of thioether (sulfide) groups is 1. The van der Waals surface area contributed by atoms with Crippen LogP contribution in [0.25, 0.3) is 0 Å². The van der Waals surface area contributed by atoms with Crippen LogP contribution in [0.5, 0.6) is 0 Å². The molecule has 1 saturated heterocycles. The maximum atomic E-state index is 12.7. The second-order valence-electron chi connectivity index (χ2n) is 6.90. The Bertz CT molecular complexity index is 618. The van der Waals surface area contributed by atoms with E-state index >= 15 is 0 Å². The van der Waals surface area contributed by atoms with E-state index in [0.29, 0.717) is 18.1 Å². The van der Waals surface area contributed by atoms with Gasteiger partial charge in [-0.3, -0.25) is 9.59 Å². The lowest BCUT2D eigenvalue weighted by Gasteiger charge is -2.34. The van der Waals surface area contributed by atoms with E-state index < -0.39 is 0 Å². The topological polar surface area (TPSA) is 40.6 Å². The molecule has 1 aromatic rings. The molecule has 0 spiro atoms. The van der Waals surface area contributed by atoms with Crippen LogP contribution in [0.4, 0.5) is 0 Å². The maximum Gasteiger partial charge on any atom is 0.235 e. The van der Waals surface area contributed by atoms with Crippen LogP contribution >= 0.6 is 23.4 Å². The summed E-state index contributed by atoms with van der Waals surface area (Å²) in [7, 11) is 1.89. The Morgan fingerprint density at radius 3 is 2.58 bits per heavy atom. The third-order valence-corrected chi connectivity index (χ3v) is 6.47. The summed E-state index contributed by atoms with van der Waals surface area (Å²) in [5.74, 6) is 0.400. The molecule has 0 aliphatic carbocycles. The first kappa shape index (κ1) is 21.1.